The summed E-state index contributed by atoms with van der Waals surface area (Å²) in [4.78, 5) is 27.7. The van der Waals surface area contributed by atoms with Gasteiger partial charge in [-0.15, -0.1) is 0 Å². The minimum Gasteiger partial charge on any atom is -0.330 e. The SMILES string of the molecule is NCCCN(C(=O)c1cc[nH]c(=O)c1)c1cccc(F)c1. The molecule has 21 heavy (non-hydrogen) atoms. The minimum atomic E-state index is -0.427. The molecule has 0 fully saturated rings. The van der Waals surface area contributed by atoms with Crippen molar-refractivity contribution in [2.24, 2.45) is 5.73 Å². The van der Waals surface area contributed by atoms with E-state index >= 15 is 0 Å². The third kappa shape index (κ3) is 3.76. The third-order valence-electron chi connectivity index (χ3n) is 2.97. The maximum absolute atomic E-state index is 13.4. The van der Waals surface area contributed by atoms with Gasteiger partial charge in [-0.2, -0.15) is 0 Å². The van der Waals surface area contributed by atoms with Crippen molar-refractivity contribution in [2.45, 2.75) is 6.42 Å². The molecule has 110 valence electrons. The topological polar surface area (TPSA) is 79.2 Å². The van der Waals surface area contributed by atoms with Gasteiger partial charge >= 0.3 is 0 Å². The van der Waals surface area contributed by atoms with Gasteiger partial charge in [-0.1, -0.05) is 6.07 Å². The predicted molar refractivity (Wildman–Crippen MR) is 78.8 cm³/mol. The van der Waals surface area contributed by atoms with Gasteiger partial charge in [-0.05, 0) is 37.2 Å². The first kappa shape index (κ1) is 14.9. The number of hydrogen-bond acceptors (Lipinski definition) is 3. The number of aromatic nitrogens is 1. The van der Waals surface area contributed by atoms with Crippen LogP contribution in [0.5, 0.6) is 0 Å². The lowest BCUT2D eigenvalue weighted by atomic mass is 10.2. The van der Waals surface area contributed by atoms with Gasteiger partial charge in [0.05, 0.1) is 0 Å². The van der Waals surface area contributed by atoms with Crippen molar-refractivity contribution >= 4 is 11.6 Å². The van der Waals surface area contributed by atoms with Crippen LogP contribution in [0.15, 0.2) is 47.4 Å². The molecule has 0 bridgehead atoms. The first-order valence-electron chi connectivity index (χ1n) is 6.58. The number of hydrogen-bond donors (Lipinski definition) is 2. The van der Waals surface area contributed by atoms with Gasteiger partial charge in [0.1, 0.15) is 5.82 Å². The van der Waals surface area contributed by atoms with Crippen LogP contribution in [0.2, 0.25) is 0 Å². The van der Waals surface area contributed by atoms with E-state index in [1.54, 1.807) is 6.07 Å². The van der Waals surface area contributed by atoms with Crippen LogP contribution in [-0.4, -0.2) is 24.0 Å². The number of amides is 1. The van der Waals surface area contributed by atoms with Gasteiger partial charge in [0.25, 0.3) is 5.91 Å². The molecule has 0 atom stereocenters. The van der Waals surface area contributed by atoms with E-state index in [9.17, 15) is 14.0 Å². The van der Waals surface area contributed by atoms with E-state index in [0.29, 0.717) is 25.2 Å². The number of aromatic amines is 1. The van der Waals surface area contributed by atoms with E-state index < -0.39 is 5.82 Å². The second kappa shape index (κ2) is 6.81. The maximum Gasteiger partial charge on any atom is 0.258 e. The van der Waals surface area contributed by atoms with E-state index in [0.717, 1.165) is 0 Å². The Morgan fingerprint density at radius 1 is 1.29 bits per heavy atom. The Balaban J connectivity index is 2.35. The van der Waals surface area contributed by atoms with Crippen molar-refractivity contribution in [3.8, 4) is 0 Å². The van der Waals surface area contributed by atoms with Crippen molar-refractivity contribution in [2.75, 3.05) is 18.0 Å². The Bertz CT molecular complexity index is 684. The van der Waals surface area contributed by atoms with Crippen LogP contribution < -0.4 is 16.2 Å². The Morgan fingerprint density at radius 2 is 2.10 bits per heavy atom. The summed E-state index contributed by atoms with van der Waals surface area (Å²) in [6.07, 6.45) is 1.98. The first-order chi connectivity index (χ1) is 10.1. The molecule has 1 amide bonds. The third-order valence-corrected chi connectivity index (χ3v) is 2.97. The fourth-order valence-corrected chi connectivity index (χ4v) is 1.97. The molecule has 0 spiro atoms. The number of halogens is 1. The lowest BCUT2D eigenvalue weighted by Crippen LogP contribution is -2.33. The summed E-state index contributed by atoms with van der Waals surface area (Å²) >= 11 is 0. The summed E-state index contributed by atoms with van der Waals surface area (Å²) in [7, 11) is 0. The number of nitrogens with one attached hydrogen (secondary N) is 1. The molecule has 0 saturated heterocycles. The van der Waals surface area contributed by atoms with Crippen molar-refractivity contribution in [3.05, 3.63) is 64.3 Å². The molecule has 2 aromatic rings. The summed E-state index contributed by atoms with van der Waals surface area (Å²) in [5.74, 6) is -0.788. The van der Waals surface area contributed by atoms with Crippen LogP contribution in [-0.2, 0) is 0 Å². The van der Waals surface area contributed by atoms with Gasteiger partial charge in [0.2, 0.25) is 5.56 Å². The molecule has 1 heterocycles. The Kier molecular flexibility index (Phi) is 4.84. The molecule has 0 saturated carbocycles. The summed E-state index contributed by atoms with van der Waals surface area (Å²) in [6, 6.07) is 8.50. The summed E-state index contributed by atoms with van der Waals surface area (Å²) in [5, 5.41) is 0. The average molecular weight is 289 g/mol. The van der Waals surface area contributed by atoms with Crippen LogP contribution in [0.4, 0.5) is 10.1 Å². The van der Waals surface area contributed by atoms with Gasteiger partial charge in [0, 0.05) is 30.1 Å². The largest absolute Gasteiger partial charge is 0.330 e. The first-order valence-corrected chi connectivity index (χ1v) is 6.58. The van der Waals surface area contributed by atoms with Crippen LogP contribution in [0, 0.1) is 5.82 Å². The van der Waals surface area contributed by atoms with Crippen LogP contribution in [0.3, 0.4) is 0 Å². The van der Waals surface area contributed by atoms with E-state index in [1.807, 2.05) is 0 Å². The van der Waals surface area contributed by atoms with Gasteiger partial charge in [-0.25, -0.2) is 4.39 Å². The highest BCUT2D eigenvalue weighted by Crippen LogP contribution is 2.18. The molecule has 3 N–H and O–H groups in total. The number of H-pyrrole nitrogens is 1. The van der Waals surface area contributed by atoms with Crippen LogP contribution >= 0.6 is 0 Å². The molecule has 0 unspecified atom stereocenters. The molecule has 1 aromatic heterocycles. The molecule has 2 rings (SSSR count). The van der Waals surface area contributed by atoms with Crippen molar-refractivity contribution in [3.63, 3.8) is 0 Å². The number of pyridine rings is 1. The lowest BCUT2D eigenvalue weighted by molar-refractivity contribution is 0.0986. The monoisotopic (exact) mass is 289 g/mol. The summed E-state index contributed by atoms with van der Waals surface area (Å²) in [6.45, 7) is 0.764. The number of nitrogens with two attached hydrogens (primary N) is 1. The number of carbonyl (C=O) groups is 1. The number of nitrogens with zero attached hydrogens (tertiary/aromatic N) is 1. The second-order valence-corrected chi connectivity index (χ2v) is 4.52. The van der Waals surface area contributed by atoms with E-state index in [-0.39, 0.29) is 17.0 Å². The fraction of sp³-hybridized carbons (Fsp3) is 0.200. The number of rotatable bonds is 5. The standard InChI is InChI=1S/C15H16FN3O2/c16-12-3-1-4-13(10-12)19(8-2-6-17)15(21)11-5-7-18-14(20)9-11/h1,3-5,7,9-10H,2,6,8,17H2,(H,18,20). The summed E-state index contributed by atoms with van der Waals surface area (Å²) < 4.78 is 13.4. The average Bonchev–Trinajstić information content (AvgIpc) is 2.47. The molecule has 1 aromatic carbocycles. The van der Waals surface area contributed by atoms with Gasteiger partial charge < -0.3 is 15.6 Å². The minimum absolute atomic E-state index is 0.250. The maximum atomic E-state index is 13.4. The highest BCUT2D eigenvalue weighted by atomic mass is 19.1. The molecular weight excluding hydrogens is 273 g/mol. The molecule has 5 nitrogen and oxygen atoms in total. The number of anilines is 1. The zero-order valence-electron chi connectivity index (χ0n) is 11.4. The number of carbonyl (C=O) groups excluding carboxylic acids is 1. The molecule has 0 aliphatic heterocycles. The zero-order chi connectivity index (χ0) is 15.2. The lowest BCUT2D eigenvalue weighted by Gasteiger charge is -2.22. The normalized spacial score (nSPS) is 10.4. The van der Waals surface area contributed by atoms with Crippen molar-refractivity contribution < 1.29 is 9.18 Å². The fourth-order valence-electron chi connectivity index (χ4n) is 1.97. The molecule has 0 aliphatic rings. The zero-order valence-corrected chi connectivity index (χ0v) is 11.4. The van der Waals surface area contributed by atoms with Crippen LogP contribution in [0.1, 0.15) is 16.8 Å². The second-order valence-electron chi connectivity index (χ2n) is 4.52. The summed E-state index contributed by atoms with van der Waals surface area (Å²) in [5.41, 5.74) is 5.81. The van der Waals surface area contributed by atoms with Gasteiger partial charge in [-0.3, -0.25) is 9.59 Å². The van der Waals surface area contributed by atoms with E-state index in [2.05, 4.69) is 4.98 Å². The Morgan fingerprint density at radius 3 is 2.76 bits per heavy atom. The van der Waals surface area contributed by atoms with Gasteiger partial charge in [0.15, 0.2) is 0 Å². The molecule has 0 radical (unpaired) electrons. The van der Waals surface area contributed by atoms with E-state index in [1.165, 1.54) is 41.4 Å². The molecule has 0 aliphatic carbocycles. The van der Waals surface area contributed by atoms with Crippen molar-refractivity contribution in [1.82, 2.24) is 4.98 Å². The predicted octanol–water partition coefficient (Wildman–Crippen LogP) is 1.51. The molecule has 6 heteroatoms. The number of benzene rings is 1. The van der Waals surface area contributed by atoms with Crippen LogP contribution in [0.25, 0.3) is 0 Å². The van der Waals surface area contributed by atoms with Crippen molar-refractivity contribution in [1.29, 1.82) is 0 Å². The smallest absolute Gasteiger partial charge is 0.258 e. The quantitative estimate of drug-likeness (QED) is 0.875. The highest BCUT2D eigenvalue weighted by Gasteiger charge is 2.18. The Labute approximate surface area is 121 Å². The molecular formula is C15H16FN3O2. The van der Waals surface area contributed by atoms with E-state index in [4.69, 9.17) is 5.73 Å². The Hall–Kier alpha value is -2.47. The highest BCUT2D eigenvalue weighted by molar-refractivity contribution is 6.05.